The van der Waals surface area contributed by atoms with Crippen LogP contribution >= 0.6 is 0 Å². The Kier molecular flexibility index (Phi) is 7.12. The summed E-state index contributed by atoms with van der Waals surface area (Å²) >= 11 is 0.223. The van der Waals surface area contributed by atoms with Gasteiger partial charge in [0.25, 0.3) is 0 Å². The Bertz CT molecular complexity index is 637. The molecule has 0 aliphatic rings. The number of hydrogen-bond acceptors (Lipinski definition) is 1. The van der Waals surface area contributed by atoms with Gasteiger partial charge >= 0.3 is 145 Å². The van der Waals surface area contributed by atoms with Crippen LogP contribution in [0.25, 0.3) is 0 Å². The van der Waals surface area contributed by atoms with E-state index in [1.807, 2.05) is 49.5 Å². The summed E-state index contributed by atoms with van der Waals surface area (Å²) in [6.45, 7) is 2.81. The molecule has 3 heteroatoms. The maximum atomic E-state index is 12.5. The fourth-order valence-electron chi connectivity index (χ4n) is 2.22. The Hall–Kier alpha value is -1.83. The third-order valence-electron chi connectivity index (χ3n) is 3.41. The van der Waals surface area contributed by atoms with Crippen molar-refractivity contribution in [2.24, 2.45) is 0 Å². The van der Waals surface area contributed by atoms with Gasteiger partial charge in [-0.1, -0.05) is 0 Å². The molecule has 0 saturated heterocycles. The number of rotatable bonds is 7. The second-order valence-corrected chi connectivity index (χ2v) is 7.97. The van der Waals surface area contributed by atoms with E-state index in [0.29, 0.717) is 6.54 Å². The van der Waals surface area contributed by atoms with Crippen LogP contribution in [0.15, 0.2) is 71.2 Å². The molecular formula is C20H23NOSe. The molecule has 0 N–H and O–H groups in total. The topological polar surface area (TPSA) is 20.3 Å². The van der Waals surface area contributed by atoms with Gasteiger partial charge in [0.1, 0.15) is 0 Å². The molecule has 23 heavy (non-hydrogen) atoms. The van der Waals surface area contributed by atoms with E-state index in [-0.39, 0.29) is 20.9 Å². The maximum absolute atomic E-state index is 12.5. The van der Waals surface area contributed by atoms with E-state index < -0.39 is 0 Å². The van der Waals surface area contributed by atoms with Crippen LogP contribution in [0, 0.1) is 0 Å². The Morgan fingerprint density at radius 3 is 2.26 bits per heavy atom. The summed E-state index contributed by atoms with van der Waals surface area (Å²) in [5.41, 5.74) is 1.15. The van der Waals surface area contributed by atoms with E-state index in [4.69, 9.17) is 0 Å². The molecule has 120 valence electrons. The number of nitrogens with zero attached hydrogens (tertiary/aromatic N) is 1. The summed E-state index contributed by atoms with van der Waals surface area (Å²) in [7, 11) is 1.87. The fourth-order valence-corrected chi connectivity index (χ4v) is 4.45. The quantitative estimate of drug-likeness (QED) is 0.539. The number of carbonyl (C=O) groups is 1. The second-order valence-electron chi connectivity index (χ2n) is 5.46. The molecule has 0 atom stereocenters. The zero-order valence-corrected chi connectivity index (χ0v) is 15.4. The summed E-state index contributed by atoms with van der Waals surface area (Å²) in [4.78, 5) is 14.3. The van der Waals surface area contributed by atoms with Crippen LogP contribution in [0.5, 0.6) is 0 Å². The van der Waals surface area contributed by atoms with Gasteiger partial charge in [-0.05, 0) is 0 Å². The third kappa shape index (κ3) is 6.05. The molecule has 2 nitrogen and oxygen atoms in total. The molecule has 0 unspecified atom stereocenters. The average molecular weight is 372 g/mol. The number of carbonyl (C=O) groups excluding carboxylic acids is 1. The summed E-state index contributed by atoms with van der Waals surface area (Å²) in [6.07, 6.45) is 3.90. The molecule has 2 aromatic rings. The van der Waals surface area contributed by atoms with Crippen LogP contribution in [0.3, 0.4) is 0 Å². The van der Waals surface area contributed by atoms with Crippen molar-refractivity contribution >= 4 is 25.3 Å². The number of amides is 1. The van der Waals surface area contributed by atoms with Crippen molar-refractivity contribution in [2.75, 3.05) is 7.05 Å². The van der Waals surface area contributed by atoms with E-state index in [1.54, 1.807) is 4.90 Å². The normalized spacial score (nSPS) is 11.3. The number of hydrogen-bond donors (Lipinski definition) is 0. The summed E-state index contributed by atoms with van der Waals surface area (Å²) in [5, 5.41) is 0. The molecule has 1 amide bonds. The molecule has 0 fully saturated rings. The van der Waals surface area contributed by atoms with Crippen molar-refractivity contribution in [3.63, 3.8) is 0 Å². The van der Waals surface area contributed by atoms with Crippen LogP contribution in [0.4, 0.5) is 0 Å². The van der Waals surface area contributed by atoms with Crippen molar-refractivity contribution in [1.29, 1.82) is 0 Å². The third-order valence-corrected chi connectivity index (χ3v) is 5.70. The number of benzene rings is 2. The van der Waals surface area contributed by atoms with E-state index in [9.17, 15) is 4.79 Å². The van der Waals surface area contributed by atoms with Gasteiger partial charge in [-0.15, -0.1) is 0 Å². The Morgan fingerprint density at radius 2 is 1.65 bits per heavy atom. The Balaban J connectivity index is 2.03. The van der Waals surface area contributed by atoms with E-state index in [1.165, 1.54) is 8.93 Å². The van der Waals surface area contributed by atoms with E-state index >= 15 is 0 Å². The predicted octanol–water partition coefficient (Wildman–Crippen LogP) is 3.36. The summed E-state index contributed by atoms with van der Waals surface area (Å²) < 4.78 is 2.58. The molecule has 0 heterocycles. The van der Waals surface area contributed by atoms with Crippen LogP contribution < -0.4 is 4.46 Å². The first-order valence-corrected chi connectivity index (χ1v) is 9.63. The van der Waals surface area contributed by atoms with E-state index in [2.05, 4.69) is 31.2 Å². The molecule has 0 radical (unpaired) electrons. The molecular weight excluding hydrogens is 349 g/mol. The van der Waals surface area contributed by atoms with Crippen LogP contribution in [0.1, 0.15) is 25.3 Å². The van der Waals surface area contributed by atoms with Crippen molar-refractivity contribution in [3.8, 4) is 0 Å². The Labute approximate surface area is 145 Å². The predicted molar refractivity (Wildman–Crippen MR) is 97.7 cm³/mol. The van der Waals surface area contributed by atoms with Gasteiger partial charge in [0.2, 0.25) is 0 Å². The van der Waals surface area contributed by atoms with Gasteiger partial charge in [-0.3, -0.25) is 0 Å². The molecule has 0 bridgehead atoms. The molecule has 2 aromatic carbocycles. The molecule has 0 saturated carbocycles. The number of allylic oxidation sites excluding steroid dienone is 1. The molecule has 0 aliphatic heterocycles. The van der Waals surface area contributed by atoms with Crippen LogP contribution in [-0.2, 0) is 11.3 Å². The number of likely N-dealkylation sites (N-methyl/N-ethyl adjacent to an activating group) is 1. The van der Waals surface area contributed by atoms with Crippen LogP contribution in [-0.4, -0.2) is 32.8 Å². The average Bonchev–Trinajstić information content (AvgIpc) is 2.57. The van der Waals surface area contributed by atoms with Crippen LogP contribution in [0.2, 0.25) is 0 Å². The molecule has 0 spiro atoms. The van der Waals surface area contributed by atoms with Gasteiger partial charge in [0.05, 0.1) is 0 Å². The van der Waals surface area contributed by atoms with Gasteiger partial charge < -0.3 is 0 Å². The van der Waals surface area contributed by atoms with E-state index in [0.717, 1.165) is 18.4 Å². The Morgan fingerprint density at radius 1 is 1.04 bits per heavy atom. The van der Waals surface area contributed by atoms with Gasteiger partial charge in [-0.25, -0.2) is 0 Å². The zero-order chi connectivity index (χ0) is 16.5. The van der Waals surface area contributed by atoms with Gasteiger partial charge in [-0.2, -0.15) is 0 Å². The fraction of sp³-hybridized carbons (Fsp3) is 0.250. The minimum absolute atomic E-state index is 0.0927. The standard InChI is InChI=1S/C20H23NOSe/c1-3-10-19(23-18-13-8-5-9-14-18)15-20(22)21(2)16-17-11-6-4-7-12-17/h4-9,11-15H,3,10,16H2,1-2H3/b19-15+. The molecule has 0 aromatic heterocycles. The first-order chi connectivity index (χ1) is 11.2. The minimum atomic E-state index is 0.0927. The molecule has 0 aliphatic carbocycles. The molecule has 2 rings (SSSR count). The zero-order valence-electron chi connectivity index (χ0n) is 13.7. The SMILES string of the molecule is CCC/C(=C\C(=O)N(C)Cc1ccccc1)[Se]c1ccccc1. The van der Waals surface area contributed by atoms with Crippen molar-refractivity contribution in [2.45, 2.75) is 26.3 Å². The summed E-state index contributed by atoms with van der Waals surface area (Å²) in [6, 6.07) is 20.5. The van der Waals surface area contributed by atoms with Gasteiger partial charge in [0.15, 0.2) is 0 Å². The second kappa shape index (κ2) is 9.34. The first kappa shape index (κ1) is 17.5. The summed E-state index contributed by atoms with van der Waals surface area (Å²) in [5.74, 6) is 0.0927. The van der Waals surface area contributed by atoms with Crippen molar-refractivity contribution in [3.05, 3.63) is 76.8 Å². The monoisotopic (exact) mass is 373 g/mol. The first-order valence-electron chi connectivity index (χ1n) is 7.91. The van der Waals surface area contributed by atoms with Crippen molar-refractivity contribution in [1.82, 2.24) is 4.90 Å². The van der Waals surface area contributed by atoms with Crippen molar-refractivity contribution < 1.29 is 4.79 Å². The van der Waals surface area contributed by atoms with Gasteiger partial charge in [0, 0.05) is 0 Å².